The zero-order chi connectivity index (χ0) is 22.8. The molecule has 0 spiro atoms. The fourth-order valence-corrected chi connectivity index (χ4v) is 3.38. The quantitative estimate of drug-likeness (QED) is 0.443. The number of hydrogen-bond donors (Lipinski definition) is 0. The van der Waals surface area contributed by atoms with Crippen LogP contribution in [-0.2, 0) is 14.3 Å². The van der Waals surface area contributed by atoms with Gasteiger partial charge in [-0.05, 0) is 25.1 Å². The Kier molecular flexibility index (Phi) is 5.63. The molecule has 0 saturated heterocycles. The highest BCUT2D eigenvalue weighted by molar-refractivity contribution is 6.02. The summed E-state index contributed by atoms with van der Waals surface area (Å²) in [7, 11) is 1.46. The molecule has 1 atom stereocenters. The number of nitrogens with zero attached hydrogens (tertiary/aromatic N) is 3. The van der Waals surface area contributed by atoms with Crippen molar-refractivity contribution in [1.29, 1.82) is 0 Å². The molecule has 1 amide bonds. The Balaban J connectivity index is 1.72. The Bertz CT molecular complexity index is 1200. The number of aromatic nitrogens is 1. The van der Waals surface area contributed by atoms with Crippen LogP contribution in [-0.4, -0.2) is 35.0 Å². The SMILES string of the molecule is COc1cc([C@@H]2OC(c3c(-c4ccccc4)noc3C)=NN2C(C)=O)ccc1OC(C)=O. The lowest BCUT2D eigenvalue weighted by Gasteiger charge is -2.20. The fourth-order valence-electron chi connectivity index (χ4n) is 3.38. The van der Waals surface area contributed by atoms with Gasteiger partial charge >= 0.3 is 5.97 Å². The van der Waals surface area contributed by atoms with E-state index in [4.69, 9.17) is 18.7 Å². The third-order valence-electron chi connectivity index (χ3n) is 4.82. The third kappa shape index (κ3) is 3.92. The monoisotopic (exact) mass is 435 g/mol. The summed E-state index contributed by atoms with van der Waals surface area (Å²) in [5, 5.41) is 9.80. The summed E-state index contributed by atoms with van der Waals surface area (Å²) in [6.07, 6.45) is -0.847. The summed E-state index contributed by atoms with van der Waals surface area (Å²) >= 11 is 0. The lowest BCUT2D eigenvalue weighted by molar-refractivity contribution is -0.135. The van der Waals surface area contributed by atoms with Crippen LogP contribution < -0.4 is 9.47 Å². The van der Waals surface area contributed by atoms with Gasteiger partial charge in [-0.25, -0.2) is 0 Å². The predicted molar refractivity (Wildman–Crippen MR) is 114 cm³/mol. The second-order valence-electron chi connectivity index (χ2n) is 7.07. The van der Waals surface area contributed by atoms with Crippen molar-refractivity contribution in [3.8, 4) is 22.8 Å². The first-order valence-electron chi connectivity index (χ1n) is 9.82. The van der Waals surface area contributed by atoms with Gasteiger partial charge in [-0.2, -0.15) is 5.01 Å². The summed E-state index contributed by atoms with van der Waals surface area (Å²) in [4.78, 5) is 23.7. The van der Waals surface area contributed by atoms with Gasteiger partial charge in [0.05, 0.1) is 7.11 Å². The maximum atomic E-state index is 12.4. The molecule has 1 aromatic heterocycles. The average Bonchev–Trinajstić information content (AvgIpc) is 3.38. The molecule has 4 rings (SSSR count). The second-order valence-corrected chi connectivity index (χ2v) is 7.07. The number of aryl methyl sites for hydroxylation is 1. The van der Waals surface area contributed by atoms with Crippen molar-refractivity contribution in [2.24, 2.45) is 5.10 Å². The highest BCUT2D eigenvalue weighted by atomic mass is 16.6. The van der Waals surface area contributed by atoms with Crippen molar-refractivity contribution in [3.63, 3.8) is 0 Å². The van der Waals surface area contributed by atoms with E-state index < -0.39 is 12.2 Å². The number of carbonyl (C=O) groups is 2. The van der Waals surface area contributed by atoms with Crippen molar-refractivity contribution < 1.29 is 28.3 Å². The molecule has 0 N–H and O–H groups in total. The summed E-state index contributed by atoms with van der Waals surface area (Å²) < 4.78 is 22.0. The van der Waals surface area contributed by atoms with Gasteiger partial charge in [-0.15, -0.1) is 5.10 Å². The molecule has 0 saturated carbocycles. The van der Waals surface area contributed by atoms with E-state index in [1.54, 1.807) is 25.1 Å². The third-order valence-corrected chi connectivity index (χ3v) is 4.82. The van der Waals surface area contributed by atoms with Crippen LogP contribution in [0.3, 0.4) is 0 Å². The van der Waals surface area contributed by atoms with E-state index in [2.05, 4.69) is 10.3 Å². The number of methoxy groups -OCH3 is 1. The van der Waals surface area contributed by atoms with Crippen LogP contribution in [0.25, 0.3) is 11.3 Å². The largest absolute Gasteiger partial charge is 0.493 e. The maximum absolute atomic E-state index is 12.4. The summed E-state index contributed by atoms with van der Waals surface area (Å²) in [5.74, 6) is 0.521. The topological polar surface area (TPSA) is 103 Å². The molecular weight excluding hydrogens is 414 g/mol. The van der Waals surface area contributed by atoms with E-state index in [-0.39, 0.29) is 17.6 Å². The number of esters is 1. The molecular formula is C23H21N3O6. The zero-order valence-electron chi connectivity index (χ0n) is 18.0. The summed E-state index contributed by atoms with van der Waals surface area (Å²) in [6.45, 7) is 4.45. The molecule has 0 radical (unpaired) electrons. The van der Waals surface area contributed by atoms with E-state index in [0.717, 1.165) is 5.56 Å². The van der Waals surface area contributed by atoms with Gasteiger partial charge in [0.2, 0.25) is 18.0 Å². The van der Waals surface area contributed by atoms with Crippen molar-refractivity contribution in [1.82, 2.24) is 10.2 Å². The van der Waals surface area contributed by atoms with Gasteiger partial charge in [0.1, 0.15) is 17.0 Å². The highest BCUT2D eigenvalue weighted by Crippen LogP contribution is 2.37. The van der Waals surface area contributed by atoms with Crippen LogP contribution in [0.5, 0.6) is 11.5 Å². The fraction of sp³-hybridized carbons (Fsp3) is 0.217. The van der Waals surface area contributed by atoms with Crippen LogP contribution in [0.2, 0.25) is 0 Å². The molecule has 0 fully saturated rings. The van der Waals surface area contributed by atoms with E-state index in [1.165, 1.54) is 26.0 Å². The van der Waals surface area contributed by atoms with Crippen LogP contribution in [0, 0.1) is 6.92 Å². The Morgan fingerprint density at radius 1 is 1.06 bits per heavy atom. The van der Waals surface area contributed by atoms with Crippen molar-refractivity contribution >= 4 is 17.8 Å². The molecule has 0 bridgehead atoms. The van der Waals surface area contributed by atoms with Gasteiger partial charge in [0.25, 0.3) is 0 Å². The number of hydrogen-bond acceptors (Lipinski definition) is 8. The zero-order valence-corrected chi connectivity index (χ0v) is 18.0. The summed E-state index contributed by atoms with van der Waals surface area (Å²) in [6, 6.07) is 14.4. The smallest absolute Gasteiger partial charge is 0.308 e. The van der Waals surface area contributed by atoms with E-state index >= 15 is 0 Å². The molecule has 9 nitrogen and oxygen atoms in total. The van der Waals surface area contributed by atoms with Crippen LogP contribution in [0.1, 0.15) is 37.0 Å². The minimum absolute atomic E-state index is 0.214. The molecule has 164 valence electrons. The molecule has 1 aliphatic rings. The van der Waals surface area contributed by atoms with Crippen molar-refractivity contribution in [2.75, 3.05) is 7.11 Å². The Morgan fingerprint density at radius 2 is 1.81 bits per heavy atom. The molecule has 0 aliphatic carbocycles. The van der Waals surface area contributed by atoms with Gasteiger partial charge in [-0.1, -0.05) is 35.5 Å². The van der Waals surface area contributed by atoms with E-state index in [0.29, 0.717) is 28.3 Å². The number of ether oxygens (including phenoxy) is 3. The van der Waals surface area contributed by atoms with Crippen molar-refractivity contribution in [3.05, 3.63) is 65.4 Å². The first-order chi connectivity index (χ1) is 15.4. The van der Waals surface area contributed by atoms with Gasteiger partial charge in [0.15, 0.2) is 11.5 Å². The molecule has 3 aromatic rings. The van der Waals surface area contributed by atoms with E-state index in [9.17, 15) is 9.59 Å². The lowest BCUT2D eigenvalue weighted by atomic mass is 10.1. The number of rotatable bonds is 5. The van der Waals surface area contributed by atoms with E-state index in [1.807, 2.05) is 30.3 Å². The molecule has 0 unspecified atom stereocenters. The first kappa shape index (κ1) is 21.1. The Morgan fingerprint density at radius 3 is 2.47 bits per heavy atom. The number of carbonyl (C=O) groups excluding carboxylic acids is 2. The molecule has 32 heavy (non-hydrogen) atoms. The normalized spacial score (nSPS) is 15.2. The Hall–Kier alpha value is -4.14. The first-order valence-corrected chi connectivity index (χ1v) is 9.82. The maximum Gasteiger partial charge on any atom is 0.308 e. The number of amides is 1. The molecule has 2 aromatic carbocycles. The van der Waals surface area contributed by atoms with Crippen LogP contribution in [0.15, 0.2) is 58.2 Å². The standard InChI is InChI=1S/C23H21N3O6/c1-13-20(21(25-32-13)16-8-6-5-7-9-16)22-24-26(14(2)27)23(31-22)17-10-11-18(30-15(3)28)19(12-17)29-4/h5-12,23H,1-4H3/t23-/m0/s1. The minimum atomic E-state index is -0.847. The van der Waals surface area contributed by atoms with Crippen molar-refractivity contribution in [2.45, 2.75) is 27.0 Å². The number of hydrazone groups is 1. The van der Waals surface area contributed by atoms with Gasteiger partial charge in [0, 0.05) is 25.0 Å². The van der Waals surface area contributed by atoms with Crippen LogP contribution in [0.4, 0.5) is 0 Å². The second kappa shape index (κ2) is 8.54. The minimum Gasteiger partial charge on any atom is -0.493 e. The number of benzene rings is 2. The molecule has 2 heterocycles. The predicted octanol–water partition coefficient (Wildman–Crippen LogP) is 3.82. The highest BCUT2D eigenvalue weighted by Gasteiger charge is 2.36. The lowest BCUT2D eigenvalue weighted by Crippen LogP contribution is -2.25. The van der Waals surface area contributed by atoms with Crippen LogP contribution >= 0.6 is 0 Å². The van der Waals surface area contributed by atoms with Gasteiger partial charge in [-0.3, -0.25) is 9.59 Å². The van der Waals surface area contributed by atoms with Gasteiger partial charge < -0.3 is 18.7 Å². The molecule has 1 aliphatic heterocycles. The molecule has 9 heteroatoms. The summed E-state index contributed by atoms with van der Waals surface area (Å²) in [5.41, 5.74) is 2.54. The Labute approximate surface area is 184 Å². The average molecular weight is 435 g/mol.